The van der Waals surface area contributed by atoms with Gasteiger partial charge in [-0.05, 0) is 48.1 Å². The van der Waals surface area contributed by atoms with Crippen molar-refractivity contribution in [1.82, 2.24) is 5.43 Å². The lowest BCUT2D eigenvalue weighted by Crippen LogP contribution is -2.51. The minimum Gasteiger partial charge on any atom is -0.467 e. The number of hydrazine groups is 1. The Morgan fingerprint density at radius 1 is 0.800 bits per heavy atom. The Balaban J connectivity index is 0.000000594. The van der Waals surface area contributed by atoms with E-state index in [4.69, 9.17) is 14.2 Å². The lowest BCUT2D eigenvalue weighted by molar-refractivity contribution is -0.183. The second-order valence-corrected chi connectivity index (χ2v) is 11.6. The minimum absolute atomic E-state index is 0.0295. The van der Waals surface area contributed by atoms with E-state index in [2.05, 4.69) is 43.7 Å². The third-order valence-corrected chi connectivity index (χ3v) is 9.17. The Bertz CT molecular complexity index is 566. The molecule has 4 unspecified atom stereocenters. The molecule has 0 aliphatic carbocycles. The van der Waals surface area contributed by atoms with Crippen molar-refractivity contribution in [2.45, 2.75) is 77.7 Å². The number of nitrogens with two attached hydrogens (primary N) is 1. The van der Waals surface area contributed by atoms with E-state index in [1.54, 1.807) is 30.6 Å². The molecule has 0 saturated carbocycles. The van der Waals surface area contributed by atoms with Crippen LogP contribution in [0.2, 0.25) is 0 Å². The smallest absolute Gasteiger partial charge is 0.337 e. The van der Waals surface area contributed by atoms with Gasteiger partial charge in [-0.1, -0.05) is 48.5 Å². The van der Waals surface area contributed by atoms with Crippen LogP contribution in [0.4, 0.5) is 0 Å². The van der Waals surface area contributed by atoms with Crippen LogP contribution in [0.25, 0.3) is 0 Å². The number of aliphatic hydroxyl groups excluding tert-OH is 1. The molecule has 0 aromatic heterocycles. The van der Waals surface area contributed by atoms with Crippen LogP contribution >= 0.6 is 23.5 Å². The summed E-state index contributed by atoms with van der Waals surface area (Å²) in [4.78, 5) is 23.1. The molecule has 0 spiro atoms. The predicted molar refractivity (Wildman–Crippen MR) is 143 cm³/mol. The Kier molecular flexibility index (Phi) is 17.5. The number of nitrogens with one attached hydrogen (secondary N) is 1. The third kappa shape index (κ3) is 10.0. The fourth-order valence-corrected chi connectivity index (χ4v) is 6.14. The number of hydrogen-bond acceptors (Lipinski definition) is 11. The summed E-state index contributed by atoms with van der Waals surface area (Å²) in [5.41, 5.74) is 2.31. The Morgan fingerprint density at radius 3 is 1.57 bits per heavy atom. The number of carbonyl (C=O) groups excluding carboxylic acids is 2. The summed E-state index contributed by atoms with van der Waals surface area (Å²) >= 11 is 3.42. The molecule has 11 heteroatoms. The first kappa shape index (κ1) is 34.4. The molecule has 0 bridgehead atoms. The molecule has 10 atom stereocenters. The van der Waals surface area contributed by atoms with E-state index in [0.717, 1.165) is 11.5 Å². The van der Waals surface area contributed by atoms with E-state index in [0.29, 0.717) is 11.8 Å². The second-order valence-electron chi connectivity index (χ2n) is 8.88. The van der Waals surface area contributed by atoms with Gasteiger partial charge < -0.3 is 24.1 Å². The number of ether oxygens (including phenoxy) is 4. The summed E-state index contributed by atoms with van der Waals surface area (Å²) in [5.74, 6) is 7.21. The minimum atomic E-state index is -0.847. The van der Waals surface area contributed by atoms with E-state index in [1.807, 2.05) is 20.8 Å². The summed E-state index contributed by atoms with van der Waals surface area (Å²) in [7, 11) is 4.38. The van der Waals surface area contributed by atoms with Gasteiger partial charge in [0, 0.05) is 0 Å². The topological polar surface area (TPSA) is 129 Å². The molecule has 2 rings (SSSR count). The van der Waals surface area contributed by atoms with Crippen molar-refractivity contribution < 1.29 is 33.6 Å². The Morgan fingerprint density at radius 2 is 1.17 bits per heavy atom. The van der Waals surface area contributed by atoms with Gasteiger partial charge in [-0.3, -0.25) is 11.3 Å². The standard InChI is InChI=1S/C12H22O3S.C11H20O4S.CH6N2/c1-6-16-12-9(4)7(2)8(3)10(15-12)11(13)14-5;1-5-16-11-7(3)6(2)8(12)9(15-11)10(13)14-4;1-3-2/h7-10,12H,6H2,1-5H3;6-9,11-12H,5H2,1-4H3;3H,2H2,1H3/t7-,8+,9?,10?,12+;6-,7?,8-,9?,11-;/m01./s1. The van der Waals surface area contributed by atoms with E-state index < -0.39 is 24.3 Å². The maximum Gasteiger partial charge on any atom is 0.337 e. The van der Waals surface area contributed by atoms with Crippen LogP contribution in [-0.2, 0) is 28.5 Å². The number of carbonyl (C=O) groups is 2. The van der Waals surface area contributed by atoms with Gasteiger partial charge in [0.05, 0.1) is 20.3 Å². The van der Waals surface area contributed by atoms with Crippen molar-refractivity contribution in [3.05, 3.63) is 0 Å². The summed E-state index contributed by atoms with van der Waals surface area (Å²) in [6.07, 6.45) is -2.03. The number of aliphatic hydroxyl groups is 1. The largest absolute Gasteiger partial charge is 0.467 e. The highest BCUT2D eigenvalue weighted by molar-refractivity contribution is 7.99. The van der Waals surface area contributed by atoms with E-state index >= 15 is 0 Å². The molecular weight excluding hydrogens is 492 g/mol. The molecule has 208 valence electrons. The van der Waals surface area contributed by atoms with Crippen molar-refractivity contribution >= 4 is 35.5 Å². The van der Waals surface area contributed by atoms with Crippen LogP contribution in [0, 0.1) is 29.6 Å². The van der Waals surface area contributed by atoms with Gasteiger partial charge >= 0.3 is 11.9 Å². The highest BCUT2D eigenvalue weighted by Gasteiger charge is 2.44. The number of hydrogen-bond donors (Lipinski definition) is 3. The van der Waals surface area contributed by atoms with E-state index in [1.165, 1.54) is 14.2 Å². The maximum atomic E-state index is 11.6. The Labute approximate surface area is 220 Å². The van der Waals surface area contributed by atoms with Crippen LogP contribution < -0.4 is 11.3 Å². The monoisotopic (exact) mass is 540 g/mol. The van der Waals surface area contributed by atoms with Gasteiger partial charge in [-0.15, -0.1) is 23.5 Å². The van der Waals surface area contributed by atoms with Gasteiger partial charge in [-0.25, -0.2) is 9.59 Å². The van der Waals surface area contributed by atoms with Crippen molar-refractivity contribution in [2.75, 3.05) is 32.8 Å². The van der Waals surface area contributed by atoms with Gasteiger partial charge in [-0.2, -0.15) is 0 Å². The molecule has 2 aliphatic rings. The molecular formula is C24H48N2O7S2. The summed E-state index contributed by atoms with van der Waals surface area (Å²) in [6, 6.07) is 0. The zero-order valence-corrected chi connectivity index (χ0v) is 24.6. The van der Waals surface area contributed by atoms with Crippen molar-refractivity contribution in [1.29, 1.82) is 0 Å². The van der Waals surface area contributed by atoms with Gasteiger partial charge in [0.25, 0.3) is 0 Å². The summed E-state index contributed by atoms with van der Waals surface area (Å²) in [5, 5.41) is 9.96. The first-order valence-corrected chi connectivity index (χ1v) is 14.3. The van der Waals surface area contributed by atoms with Gasteiger partial charge in [0.15, 0.2) is 12.2 Å². The average molecular weight is 541 g/mol. The molecule has 0 aromatic rings. The second kappa shape index (κ2) is 17.8. The molecule has 9 nitrogen and oxygen atoms in total. The maximum absolute atomic E-state index is 11.6. The van der Waals surface area contributed by atoms with E-state index in [-0.39, 0.29) is 34.6 Å². The molecule has 2 heterocycles. The lowest BCUT2D eigenvalue weighted by atomic mass is 9.80. The molecule has 0 amide bonds. The number of rotatable bonds is 6. The van der Waals surface area contributed by atoms with Gasteiger partial charge in [0.2, 0.25) is 0 Å². The number of methoxy groups -OCH3 is 2. The van der Waals surface area contributed by atoms with Crippen LogP contribution in [0.5, 0.6) is 0 Å². The van der Waals surface area contributed by atoms with Crippen LogP contribution in [0.3, 0.4) is 0 Å². The van der Waals surface area contributed by atoms with Gasteiger partial charge in [0.1, 0.15) is 10.9 Å². The molecule has 35 heavy (non-hydrogen) atoms. The summed E-state index contributed by atoms with van der Waals surface area (Å²) in [6.45, 7) is 14.6. The SMILES string of the molecule is CCS[C@H]1OC(C(=O)OC)[C@H](C)[C@H](C)C1C.CCS[C@H]1OC(C(=O)OC)[C@H](O)[C@H](C)C1C.CNN. The fraction of sp³-hybridized carbons (Fsp3) is 0.917. The molecule has 4 N–H and O–H groups in total. The van der Waals surface area contributed by atoms with E-state index in [9.17, 15) is 14.7 Å². The zero-order valence-electron chi connectivity index (χ0n) is 23.0. The first-order chi connectivity index (χ1) is 16.5. The molecule has 2 aliphatic heterocycles. The normalized spacial score (nSPS) is 36.6. The van der Waals surface area contributed by atoms with Crippen molar-refractivity contribution in [3.8, 4) is 0 Å². The van der Waals surface area contributed by atoms with Crippen LogP contribution in [-0.4, -0.2) is 79.0 Å². The molecule has 2 saturated heterocycles. The van der Waals surface area contributed by atoms with Crippen molar-refractivity contribution in [2.24, 2.45) is 35.4 Å². The number of esters is 2. The first-order valence-electron chi connectivity index (χ1n) is 12.2. The highest BCUT2D eigenvalue weighted by atomic mass is 32.2. The molecule has 2 fully saturated rings. The fourth-order valence-electron chi connectivity index (χ4n) is 3.99. The third-order valence-electron chi connectivity index (χ3n) is 6.76. The molecule has 0 radical (unpaired) electrons. The molecule has 0 aromatic carbocycles. The zero-order chi connectivity index (χ0) is 27.3. The van der Waals surface area contributed by atoms with Crippen LogP contribution in [0.15, 0.2) is 0 Å². The lowest BCUT2D eigenvalue weighted by Gasteiger charge is -2.42. The van der Waals surface area contributed by atoms with Crippen LogP contribution in [0.1, 0.15) is 48.5 Å². The average Bonchev–Trinajstić information content (AvgIpc) is 2.84. The quantitative estimate of drug-likeness (QED) is 0.261. The Hall–Kier alpha value is -0.560. The highest BCUT2D eigenvalue weighted by Crippen LogP contribution is 2.39. The number of thioether (sulfide) groups is 2. The summed E-state index contributed by atoms with van der Waals surface area (Å²) < 4.78 is 20.9. The predicted octanol–water partition coefficient (Wildman–Crippen LogP) is 2.90. The van der Waals surface area contributed by atoms with Crippen molar-refractivity contribution in [3.63, 3.8) is 0 Å².